The summed E-state index contributed by atoms with van der Waals surface area (Å²) in [5.74, 6) is 0.698. The molecule has 0 saturated heterocycles. The van der Waals surface area contributed by atoms with Gasteiger partial charge in [-0.2, -0.15) is 0 Å². The largest absolute Gasteiger partial charge is 0.228 e. The van der Waals surface area contributed by atoms with E-state index in [0.29, 0.717) is 5.82 Å². The molecule has 0 amide bonds. The van der Waals surface area contributed by atoms with Crippen LogP contribution in [0, 0.1) is 0 Å². The van der Waals surface area contributed by atoms with Crippen LogP contribution in [0.4, 0.5) is 0 Å². The summed E-state index contributed by atoms with van der Waals surface area (Å²) < 4.78 is 2.59. The normalized spacial score (nSPS) is 12.8. The Morgan fingerprint density at radius 1 is 0.355 bits per heavy atom. The van der Waals surface area contributed by atoms with E-state index in [4.69, 9.17) is 9.97 Å². The van der Waals surface area contributed by atoms with Crippen LogP contribution in [0.5, 0.6) is 0 Å². The van der Waals surface area contributed by atoms with Crippen molar-refractivity contribution >= 4 is 42.3 Å². The molecule has 0 saturated carbocycles. The molecule has 1 aliphatic rings. The third-order valence-electron chi connectivity index (χ3n) is 12.9. The molecule has 3 heteroatoms. The summed E-state index contributed by atoms with van der Waals surface area (Å²) in [5.41, 5.74) is 17.3. The summed E-state index contributed by atoms with van der Waals surface area (Å²) in [5, 5.41) is 5.02. The Morgan fingerprint density at radius 2 is 0.919 bits per heavy atom. The van der Waals surface area contributed by atoms with Gasteiger partial charge in [0.2, 0.25) is 0 Å². The second-order valence-corrected chi connectivity index (χ2v) is 18.0. The van der Waals surface area contributed by atoms with Gasteiger partial charge < -0.3 is 0 Å². The summed E-state index contributed by atoms with van der Waals surface area (Å²) in [7, 11) is 0. The number of rotatable bonds is 6. The van der Waals surface area contributed by atoms with Crippen molar-refractivity contribution < 1.29 is 0 Å². The van der Waals surface area contributed by atoms with Crippen LogP contribution in [-0.2, 0) is 5.41 Å². The number of nitrogens with zero attached hydrogens (tertiary/aromatic N) is 2. The van der Waals surface area contributed by atoms with Gasteiger partial charge in [-0.3, -0.25) is 0 Å². The number of benzene rings is 9. The van der Waals surface area contributed by atoms with Crippen LogP contribution in [0.15, 0.2) is 206 Å². The second kappa shape index (κ2) is 14.3. The minimum absolute atomic E-state index is 0.0350. The van der Waals surface area contributed by atoms with E-state index in [-0.39, 0.29) is 5.41 Å². The maximum absolute atomic E-state index is 5.37. The lowest BCUT2D eigenvalue weighted by Gasteiger charge is -2.21. The van der Waals surface area contributed by atoms with Crippen LogP contribution in [0.3, 0.4) is 0 Å². The van der Waals surface area contributed by atoms with Crippen LogP contribution < -0.4 is 0 Å². The Balaban J connectivity index is 1.05. The van der Waals surface area contributed by atoms with Crippen molar-refractivity contribution in [2.75, 3.05) is 0 Å². The summed E-state index contributed by atoms with van der Waals surface area (Å²) in [6, 6.07) is 75.0. The van der Waals surface area contributed by atoms with E-state index in [1.807, 2.05) is 17.4 Å². The predicted octanol–water partition coefficient (Wildman–Crippen LogP) is 16.3. The Hall–Kier alpha value is -7.46. The third-order valence-corrected chi connectivity index (χ3v) is 14.1. The molecule has 0 fully saturated rings. The molecule has 0 N–H and O–H groups in total. The van der Waals surface area contributed by atoms with E-state index < -0.39 is 0 Å². The zero-order valence-electron chi connectivity index (χ0n) is 34.4. The van der Waals surface area contributed by atoms with Gasteiger partial charge >= 0.3 is 0 Å². The molecule has 0 spiro atoms. The zero-order valence-corrected chi connectivity index (χ0v) is 35.2. The molecule has 9 aromatic carbocycles. The van der Waals surface area contributed by atoms with E-state index in [0.717, 1.165) is 44.8 Å². The van der Waals surface area contributed by atoms with Gasteiger partial charge in [-0.15, -0.1) is 11.3 Å². The molecule has 2 nitrogen and oxygen atoms in total. The van der Waals surface area contributed by atoms with E-state index in [1.165, 1.54) is 69.9 Å². The highest BCUT2D eigenvalue weighted by Gasteiger charge is 2.35. The summed E-state index contributed by atoms with van der Waals surface area (Å²) in [6.45, 7) is 4.67. The molecule has 1 aliphatic carbocycles. The zero-order chi connectivity index (χ0) is 41.4. The van der Waals surface area contributed by atoms with Crippen LogP contribution in [-0.4, -0.2) is 9.97 Å². The lowest BCUT2D eigenvalue weighted by atomic mass is 9.82. The quantitative estimate of drug-likeness (QED) is 0.167. The molecule has 292 valence electrons. The van der Waals surface area contributed by atoms with Gasteiger partial charge in [-0.1, -0.05) is 178 Å². The average molecular weight is 809 g/mol. The molecule has 0 radical (unpaired) electrons. The van der Waals surface area contributed by atoms with Gasteiger partial charge in [-0.25, -0.2) is 9.97 Å². The number of hydrogen-bond donors (Lipinski definition) is 0. The first kappa shape index (κ1) is 36.4. The first-order valence-electron chi connectivity index (χ1n) is 21.3. The molecule has 2 heterocycles. The fourth-order valence-electron chi connectivity index (χ4n) is 9.76. The smallest absolute Gasteiger partial charge is 0.160 e. The van der Waals surface area contributed by atoms with Crippen LogP contribution in [0.2, 0.25) is 0 Å². The Kier molecular flexibility index (Phi) is 8.41. The van der Waals surface area contributed by atoms with Crippen molar-refractivity contribution in [1.82, 2.24) is 9.97 Å². The Bertz CT molecular complexity index is 3550. The van der Waals surface area contributed by atoms with Gasteiger partial charge in [0.05, 0.1) is 11.4 Å². The van der Waals surface area contributed by atoms with E-state index in [2.05, 4.69) is 214 Å². The predicted molar refractivity (Wildman–Crippen MR) is 263 cm³/mol. The summed E-state index contributed by atoms with van der Waals surface area (Å²) in [6.07, 6.45) is 0. The molecule has 0 aliphatic heterocycles. The van der Waals surface area contributed by atoms with Gasteiger partial charge in [-0.05, 0) is 109 Å². The monoisotopic (exact) mass is 808 g/mol. The Labute approximate surface area is 365 Å². The van der Waals surface area contributed by atoms with Crippen LogP contribution in [0.25, 0.3) is 109 Å². The van der Waals surface area contributed by atoms with E-state index >= 15 is 0 Å². The van der Waals surface area contributed by atoms with E-state index in [9.17, 15) is 0 Å². The standard InChI is InChI=1S/C59H40N2S/c1-59(2)52-27-10-8-22-48(52)51-35-40(29-30-53(51)59)39-19-12-20-41(31-39)54-36-55(61-58(60-54)38-16-4-3-5-17-38)44-33-42(46-24-13-18-37-15-6-7-21-45(37)46)32-43(34-44)47-25-14-26-50-49-23-9-11-28-56(49)62-57(47)50/h3-36H,1-2H3. The molecule has 0 unspecified atom stereocenters. The molecular weight excluding hydrogens is 769 g/mol. The fraction of sp³-hybridized carbons (Fsp3) is 0.0508. The topological polar surface area (TPSA) is 25.8 Å². The molecule has 62 heavy (non-hydrogen) atoms. The minimum atomic E-state index is -0.0350. The van der Waals surface area contributed by atoms with Gasteiger partial charge in [0, 0.05) is 42.3 Å². The molecular formula is C59H40N2S. The molecule has 2 aromatic heterocycles. The molecule has 0 atom stereocenters. The SMILES string of the molecule is CC1(C)c2ccccc2-c2cc(-c3cccc(-c4cc(-c5cc(-c6cccc7ccccc67)cc(-c6cccc7c6sc6ccccc67)c5)nc(-c5ccccc5)n4)c3)ccc21. The van der Waals surface area contributed by atoms with Crippen molar-refractivity contribution in [3.8, 4) is 78.4 Å². The molecule has 11 aromatic rings. The second-order valence-electron chi connectivity index (χ2n) is 16.9. The number of hydrogen-bond acceptors (Lipinski definition) is 3. The summed E-state index contributed by atoms with van der Waals surface area (Å²) in [4.78, 5) is 10.7. The van der Waals surface area contributed by atoms with Crippen molar-refractivity contribution in [3.05, 3.63) is 217 Å². The van der Waals surface area contributed by atoms with Crippen LogP contribution >= 0.6 is 11.3 Å². The maximum atomic E-state index is 5.37. The highest BCUT2D eigenvalue weighted by molar-refractivity contribution is 7.26. The van der Waals surface area contributed by atoms with Crippen molar-refractivity contribution in [1.29, 1.82) is 0 Å². The number of fused-ring (bicyclic) bond motifs is 7. The van der Waals surface area contributed by atoms with E-state index in [1.54, 1.807) is 0 Å². The highest BCUT2D eigenvalue weighted by atomic mass is 32.1. The van der Waals surface area contributed by atoms with Crippen molar-refractivity contribution in [3.63, 3.8) is 0 Å². The first-order chi connectivity index (χ1) is 30.5. The number of aromatic nitrogens is 2. The first-order valence-corrected chi connectivity index (χ1v) is 22.1. The van der Waals surface area contributed by atoms with Gasteiger partial charge in [0.1, 0.15) is 0 Å². The Morgan fingerprint density at radius 3 is 1.81 bits per heavy atom. The van der Waals surface area contributed by atoms with Crippen molar-refractivity contribution in [2.24, 2.45) is 0 Å². The minimum Gasteiger partial charge on any atom is -0.228 e. The highest BCUT2D eigenvalue weighted by Crippen LogP contribution is 2.50. The molecule has 0 bridgehead atoms. The lowest BCUT2D eigenvalue weighted by molar-refractivity contribution is 0.660. The van der Waals surface area contributed by atoms with Crippen LogP contribution in [0.1, 0.15) is 25.0 Å². The van der Waals surface area contributed by atoms with Crippen molar-refractivity contribution in [2.45, 2.75) is 19.3 Å². The average Bonchev–Trinajstić information content (AvgIpc) is 3.83. The van der Waals surface area contributed by atoms with Gasteiger partial charge in [0.25, 0.3) is 0 Å². The fourth-order valence-corrected chi connectivity index (χ4v) is 11.0. The van der Waals surface area contributed by atoms with Gasteiger partial charge in [0.15, 0.2) is 5.82 Å². The lowest BCUT2D eigenvalue weighted by Crippen LogP contribution is -2.14. The third kappa shape index (κ3) is 6.00. The summed E-state index contributed by atoms with van der Waals surface area (Å²) >= 11 is 1.87. The number of thiophene rings is 1. The maximum Gasteiger partial charge on any atom is 0.160 e. The molecule has 12 rings (SSSR count).